The summed E-state index contributed by atoms with van der Waals surface area (Å²) < 4.78 is 5.40. The van der Waals surface area contributed by atoms with E-state index in [9.17, 15) is 19.5 Å². The molecule has 1 fully saturated rings. The number of ether oxygens (including phenoxy) is 1. The number of benzene rings is 2. The first-order valence-electron chi connectivity index (χ1n) is 8.15. The van der Waals surface area contributed by atoms with E-state index in [0.717, 1.165) is 16.7 Å². The van der Waals surface area contributed by atoms with Gasteiger partial charge in [-0.05, 0) is 75.7 Å². The Hall–Kier alpha value is -2.49. The predicted molar refractivity (Wildman–Crippen MR) is 115 cm³/mol. The van der Waals surface area contributed by atoms with Crippen LogP contribution in [-0.2, 0) is 9.59 Å². The molecule has 0 spiro atoms. The van der Waals surface area contributed by atoms with E-state index in [0.29, 0.717) is 21.5 Å². The number of nitrogens with one attached hydrogen (secondary N) is 1. The van der Waals surface area contributed by atoms with E-state index >= 15 is 0 Å². The molecule has 0 aromatic heterocycles. The fraction of sp³-hybridized carbons (Fsp3) is 0.105. The van der Waals surface area contributed by atoms with Gasteiger partial charge in [-0.2, -0.15) is 0 Å². The largest absolute Gasteiger partial charge is 0.505 e. The summed E-state index contributed by atoms with van der Waals surface area (Å²) in [5.74, 6) is -0.563. The zero-order chi connectivity index (χ0) is 21.1. The first kappa shape index (κ1) is 21.2. The molecule has 29 heavy (non-hydrogen) atoms. The maximum Gasteiger partial charge on any atom is 0.294 e. The maximum atomic E-state index is 12.6. The third-order valence-corrected chi connectivity index (χ3v) is 5.69. The molecule has 0 atom stereocenters. The predicted octanol–water partition coefficient (Wildman–Crippen LogP) is 4.49. The summed E-state index contributed by atoms with van der Waals surface area (Å²) in [5.41, 5.74) is 1.04. The van der Waals surface area contributed by atoms with Crippen LogP contribution < -0.4 is 10.1 Å². The maximum absolute atomic E-state index is 12.6. The summed E-state index contributed by atoms with van der Waals surface area (Å²) >= 11 is 9.82. The fourth-order valence-electron chi connectivity index (χ4n) is 2.47. The summed E-state index contributed by atoms with van der Waals surface area (Å²) in [4.78, 5) is 38.0. The Bertz CT molecular complexity index is 1000. The Morgan fingerprint density at radius 2 is 2.00 bits per heavy atom. The van der Waals surface area contributed by atoms with Gasteiger partial charge < -0.3 is 15.2 Å². The number of amides is 3. The standard InChI is InChI=1S/C19H14BrClN2O5S/c1-28-12-4-2-11(3-5-12)22-16(24)9-23-18(26)15(29-19(23)27)8-10-6-13(20)17(25)14(21)7-10/h2-8,25H,9H2,1H3,(H,22,24)/b15-8+. The Morgan fingerprint density at radius 3 is 2.62 bits per heavy atom. The van der Waals surface area contributed by atoms with Crippen LogP contribution in [0.15, 0.2) is 45.8 Å². The van der Waals surface area contributed by atoms with E-state index in [1.54, 1.807) is 30.3 Å². The van der Waals surface area contributed by atoms with Gasteiger partial charge in [0, 0.05) is 5.69 Å². The van der Waals surface area contributed by atoms with Gasteiger partial charge >= 0.3 is 0 Å². The minimum absolute atomic E-state index is 0.101. The van der Waals surface area contributed by atoms with Gasteiger partial charge in [0.05, 0.1) is 21.5 Å². The van der Waals surface area contributed by atoms with Crippen molar-refractivity contribution in [2.24, 2.45) is 0 Å². The molecule has 150 valence electrons. The number of anilines is 1. The Morgan fingerprint density at radius 1 is 1.31 bits per heavy atom. The molecule has 2 aromatic carbocycles. The van der Waals surface area contributed by atoms with Gasteiger partial charge in [0.25, 0.3) is 11.1 Å². The van der Waals surface area contributed by atoms with E-state index in [1.807, 2.05) is 0 Å². The molecule has 0 aliphatic carbocycles. The second-order valence-electron chi connectivity index (χ2n) is 5.88. The molecule has 1 aliphatic rings. The topological polar surface area (TPSA) is 95.9 Å². The van der Waals surface area contributed by atoms with Crippen LogP contribution in [0.3, 0.4) is 0 Å². The van der Waals surface area contributed by atoms with Crippen LogP contribution in [0.1, 0.15) is 5.56 Å². The Kier molecular flexibility index (Phi) is 6.51. The first-order valence-corrected chi connectivity index (χ1v) is 10.1. The number of thioether (sulfide) groups is 1. The molecule has 10 heteroatoms. The van der Waals surface area contributed by atoms with Crippen molar-refractivity contribution in [3.63, 3.8) is 0 Å². The number of carbonyl (C=O) groups is 3. The second kappa shape index (κ2) is 8.89. The van der Waals surface area contributed by atoms with E-state index in [1.165, 1.54) is 19.3 Å². The highest BCUT2D eigenvalue weighted by Gasteiger charge is 2.36. The lowest BCUT2D eigenvalue weighted by atomic mass is 10.2. The molecule has 7 nitrogen and oxygen atoms in total. The number of halogens is 2. The van der Waals surface area contributed by atoms with E-state index < -0.39 is 23.6 Å². The van der Waals surface area contributed by atoms with Crippen LogP contribution in [0.5, 0.6) is 11.5 Å². The molecule has 1 aliphatic heterocycles. The average molecular weight is 498 g/mol. The lowest BCUT2D eigenvalue weighted by molar-refractivity contribution is -0.127. The van der Waals surface area contributed by atoms with E-state index in [4.69, 9.17) is 16.3 Å². The number of hydrogen-bond donors (Lipinski definition) is 2. The number of nitrogens with zero attached hydrogens (tertiary/aromatic N) is 1. The highest BCUT2D eigenvalue weighted by atomic mass is 79.9. The van der Waals surface area contributed by atoms with Crippen molar-refractivity contribution < 1.29 is 24.2 Å². The molecule has 0 radical (unpaired) electrons. The van der Waals surface area contributed by atoms with Crippen LogP contribution in [0, 0.1) is 0 Å². The zero-order valence-corrected chi connectivity index (χ0v) is 18.1. The number of imide groups is 1. The molecule has 2 N–H and O–H groups in total. The summed E-state index contributed by atoms with van der Waals surface area (Å²) in [5, 5.41) is 11.9. The van der Waals surface area contributed by atoms with Crippen molar-refractivity contribution in [2.75, 3.05) is 19.0 Å². The number of hydrogen-bond acceptors (Lipinski definition) is 6. The van der Waals surface area contributed by atoms with Crippen LogP contribution in [0.4, 0.5) is 10.5 Å². The molecule has 2 aromatic rings. The Balaban J connectivity index is 1.70. The third-order valence-electron chi connectivity index (χ3n) is 3.89. The normalized spacial score (nSPS) is 15.1. The number of methoxy groups -OCH3 is 1. The molecular formula is C19H14BrClN2O5S. The lowest BCUT2D eigenvalue weighted by Crippen LogP contribution is -2.36. The van der Waals surface area contributed by atoms with Gasteiger partial charge in [0.2, 0.25) is 5.91 Å². The number of phenols is 1. The lowest BCUT2D eigenvalue weighted by Gasteiger charge is -2.12. The number of phenolic OH excluding ortho intramolecular Hbond substituents is 1. The zero-order valence-electron chi connectivity index (χ0n) is 14.9. The molecule has 0 unspecified atom stereocenters. The molecule has 1 saturated heterocycles. The molecular weight excluding hydrogens is 484 g/mol. The van der Waals surface area contributed by atoms with Crippen molar-refractivity contribution in [1.82, 2.24) is 4.90 Å². The highest BCUT2D eigenvalue weighted by molar-refractivity contribution is 9.10. The first-order chi connectivity index (χ1) is 13.8. The smallest absolute Gasteiger partial charge is 0.294 e. The van der Waals surface area contributed by atoms with Crippen molar-refractivity contribution in [1.29, 1.82) is 0 Å². The van der Waals surface area contributed by atoms with Gasteiger partial charge in [-0.25, -0.2) is 0 Å². The molecule has 1 heterocycles. The summed E-state index contributed by atoms with van der Waals surface area (Å²) in [6, 6.07) is 9.68. The minimum atomic E-state index is -0.579. The average Bonchev–Trinajstić information content (AvgIpc) is 2.94. The summed E-state index contributed by atoms with van der Waals surface area (Å²) in [6.45, 7) is -0.409. The van der Waals surface area contributed by atoms with Crippen LogP contribution >= 0.6 is 39.3 Å². The van der Waals surface area contributed by atoms with Gasteiger partial charge in [-0.1, -0.05) is 11.6 Å². The van der Waals surface area contributed by atoms with Crippen LogP contribution in [0.25, 0.3) is 6.08 Å². The van der Waals surface area contributed by atoms with Crippen molar-refractivity contribution in [2.45, 2.75) is 0 Å². The van der Waals surface area contributed by atoms with E-state index in [2.05, 4.69) is 21.2 Å². The van der Waals surface area contributed by atoms with Crippen molar-refractivity contribution >= 4 is 68.1 Å². The van der Waals surface area contributed by atoms with Crippen LogP contribution in [0.2, 0.25) is 5.02 Å². The number of aromatic hydroxyl groups is 1. The second-order valence-corrected chi connectivity index (χ2v) is 8.13. The monoisotopic (exact) mass is 496 g/mol. The SMILES string of the molecule is COc1ccc(NC(=O)CN2C(=O)S/C(=C/c3cc(Cl)c(O)c(Br)c3)C2=O)cc1. The minimum Gasteiger partial charge on any atom is -0.505 e. The van der Waals surface area contributed by atoms with Crippen molar-refractivity contribution in [3.05, 3.63) is 56.4 Å². The van der Waals surface area contributed by atoms with E-state index in [-0.39, 0.29) is 15.7 Å². The Labute approximate surface area is 183 Å². The van der Waals surface area contributed by atoms with Gasteiger partial charge in [-0.15, -0.1) is 0 Å². The quantitative estimate of drug-likeness (QED) is 0.591. The van der Waals surface area contributed by atoms with Gasteiger partial charge in [0.1, 0.15) is 18.0 Å². The number of rotatable bonds is 5. The molecule has 0 bridgehead atoms. The van der Waals surface area contributed by atoms with Gasteiger partial charge in [0.15, 0.2) is 0 Å². The molecule has 3 amide bonds. The van der Waals surface area contributed by atoms with Crippen LogP contribution in [-0.4, -0.2) is 40.7 Å². The fourth-order valence-corrected chi connectivity index (χ4v) is 4.13. The molecule has 0 saturated carbocycles. The summed E-state index contributed by atoms with van der Waals surface area (Å²) in [6.07, 6.45) is 1.47. The highest BCUT2D eigenvalue weighted by Crippen LogP contribution is 2.36. The van der Waals surface area contributed by atoms with Gasteiger partial charge in [-0.3, -0.25) is 19.3 Å². The number of carbonyl (C=O) groups excluding carboxylic acids is 3. The molecule has 3 rings (SSSR count). The summed E-state index contributed by atoms with van der Waals surface area (Å²) in [7, 11) is 1.53. The van der Waals surface area contributed by atoms with Crippen molar-refractivity contribution in [3.8, 4) is 11.5 Å². The third kappa shape index (κ3) is 4.92.